The van der Waals surface area contributed by atoms with Crippen LogP contribution >= 0.6 is 0 Å². The standard InChI is InChI=1S/C24H28N4O2/c1-17(29)27-9-11-28(12-10-27)23-20(15-25)19-14-24(2,3)30-16-21(19)22(26-23)13-18-7-5-4-6-8-18/h4-8H,9-14,16H2,1-3H3. The SMILES string of the molecule is CC(=O)N1CCN(c2nc(Cc3ccccc3)c3c(c2C#N)CC(C)(C)OC3)CC1. The molecule has 0 aliphatic carbocycles. The maximum Gasteiger partial charge on any atom is 0.219 e. The Balaban J connectivity index is 1.77. The Bertz CT molecular complexity index is 987. The van der Waals surface area contributed by atoms with Gasteiger partial charge in [-0.3, -0.25) is 4.79 Å². The lowest BCUT2D eigenvalue weighted by Crippen LogP contribution is -2.48. The molecule has 0 atom stereocenters. The number of rotatable bonds is 3. The fourth-order valence-corrected chi connectivity index (χ4v) is 4.34. The molecule has 2 aromatic rings. The van der Waals surface area contributed by atoms with Crippen LogP contribution in [0.3, 0.4) is 0 Å². The zero-order valence-corrected chi connectivity index (χ0v) is 17.9. The third-order valence-corrected chi connectivity index (χ3v) is 6.04. The number of carbonyl (C=O) groups excluding carboxylic acids is 1. The van der Waals surface area contributed by atoms with Crippen molar-refractivity contribution in [2.75, 3.05) is 31.1 Å². The summed E-state index contributed by atoms with van der Waals surface area (Å²) in [5.74, 6) is 0.848. The number of fused-ring (bicyclic) bond motifs is 1. The quantitative estimate of drug-likeness (QED) is 0.786. The number of piperazine rings is 1. The van der Waals surface area contributed by atoms with Crippen LogP contribution in [-0.4, -0.2) is 47.6 Å². The molecule has 0 radical (unpaired) electrons. The van der Waals surface area contributed by atoms with Crippen molar-refractivity contribution in [2.45, 2.75) is 45.8 Å². The summed E-state index contributed by atoms with van der Waals surface area (Å²) in [5.41, 5.74) is 4.65. The van der Waals surface area contributed by atoms with Crippen LogP contribution in [-0.2, 0) is 29.0 Å². The van der Waals surface area contributed by atoms with Crippen molar-refractivity contribution >= 4 is 11.7 Å². The number of pyridine rings is 1. The molecular formula is C24H28N4O2. The minimum atomic E-state index is -0.311. The molecule has 1 amide bonds. The molecule has 1 aromatic carbocycles. The second-order valence-corrected chi connectivity index (χ2v) is 8.71. The summed E-state index contributed by atoms with van der Waals surface area (Å²) < 4.78 is 6.09. The molecule has 1 aromatic heterocycles. The van der Waals surface area contributed by atoms with Gasteiger partial charge in [-0.15, -0.1) is 0 Å². The Morgan fingerprint density at radius 2 is 1.87 bits per heavy atom. The van der Waals surface area contributed by atoms with Gasteiger partial charge in [-0.05, 0) is 25.0 Å². The summed E-state index contributed by atoms with van der Waals surface area (Å²) >= 11 is 0. The highest BCUT2D eigenvalue weighted by Crippen LogP contribution is 2.36. The lowest BCUT2D eigenvalue weighted by molar-refractivity contribution is -0.129. The molecular weight excluding hydrogens is 376 g/mol. The third kappa shape index (κ3) is 4.03. The van der Waals surface area contributed by atoms with Crippen LogP contribution in [0.4, 0.5) is 5.82 Å². The highest BCUT2D eigenvalue weighted by molar-refractivity contribution is 5.73. The lowest BCUT2D eigenvalue weighted by atomic mass is 9.87. The molecule has 0 bridgehead atoms. The molecule has 2 aliphatic rings. The molecule has 0 spiro atoms. The molecule has 156 valence electrons. The van der Waals surface area contributed by atoms with Gasteiger partial charge in [-0.25, -0.2) is 4.98 Å². The fraction of sp³-hybridized carbons (Fsp3) is 0.458. The zero-order chi connectivity index (χ0) is 21.3. The molecule has 6 heteroatoms. The first kappa shape index (κ1) is 20.4. The van der Waals surface area contributed by atoms with Gasteiger partial charge in [0.25, 0.3) is 0 Å². The topological polar surface area (TPSA) is 69.5 Å². The smallest absolute Gasteiger partial charge is 0.219 e. The Hall–Kier alpha value is -2.91. The molecule has 0 saturated carbocycles. The van der Waals surface area contributed by atoms with Crippen molar-refractivity contribution < 1.29 is 9.53 Å². The van der Waals surface area contributed by atoms with E-state index in [1.807, 2.05) is 23.1 Å². The number of aromatic nitrogens is 1. The molecule has 0 N–H and O–H groups in total. The van der Waals surface area contributed by atoms with E-state index in [0.717, 1.165) is 22.6 Å². The number of hydrogen-bond acceptors (Lipinski definition) is 5. The number of benzene rings is 1. The predicted octanol–water partition coefficient (Wildman–Crippen LogP) is 3.06. The molecule has 3 heterocycles. The number of hydrogen-bond donors (Lipinski definition) is 0. The second kappa shape index (κ2) is 8.08. The van der Waals surface area contributed by atoms with Crippen LogP contribution in [0.25, 0.3) is 0 Å². The minimum absolute atomic E-state index is 0.0946. The van der Waals surface area contributed by atoms with Crippen LogP contribution in [0.1, 0.15) is 48.7 Å². The Labute approximate surface area is 178 Å². The lowest BCUT2D eigenvalue weighted by Gasteiger charge is -2.38. The highest BCUT2D eigenvalue weighted by Gasteiger charge is 2.33. The van der Waals surface area contributed by atoms with Crippen LogP contribution in [0.5, 0.6) is 0 Å². The fourth-order valence-electron chi connectivity index (χ4n) is 4.34. The van der Waals surface area contributed by atoms with Crippen molar-refractivity contribution in [3.05, 3.63) is 58.3 Å². The summed E-state index contributed by atoms with van der Waals surface area (Å²) in [4.78, 5) is 20.7. The second-order valence-electron chi connectivity index (χ2n) is 8.71. The summed E-state index contributed by atoms with van der Waals surface area (Å²) in [6, 6.07) is 12.7. The highest BCUT2D eigenvalue weighted by atomic mass is 16.5. The largest absolute Gasteiger partial charge is 0.370 e. The molecule has 1 saturated heterocycles. The van der Waals surface area contributed by atoms with Crippen molar-refractivity contribution in [3.8, 4) is 6.07 Å². The Morgan fingerprint density at radius 1 is 1.17 bits per heavy atom. The number of amides is 1. The van der Waals surface area contributed by atoms with Crippen molar-refractivity contribution in [1.82, 2.24) is 9.88 Å². The average molecular weight is 405 g/mol. The monoisotopic (exact) mass is 404 g/mol. The van der Waals surface area contributed by atoms with Gasteiger partial charge in [-0.2, -0.15) is 5.26 Å². The van der Waals surface area contributed by atoms with Crippen LogP contribution < -0.4 is 4.90 Å². The van der Waals surface area contributed by atoms with Gasteiger partial charge >= 0.3 is 0 Å². The Kier molecular flexibility index (Phi) is 5.48. The van der Waals surface area contributed by atoms with E-state index in [1.165, 1.54) is 5.56 Å². The van der Waals surface area contributed by atoms with E-state index >= 15 is 0 Å². The van der Waals surface area contributed by atoms with Crippen molar-refractivity contribution in [1.29, 1.82) is 5.26 Å². The van der Waals surface area contributed by atoms with E-state index in [9.17, 15) is 10.1 Å². The van der Waals surface area contributed by atoms with E-state index < -0.39 is 0 Å². The predicted molar refractivity (Wildman–Crippen MR) is 115 cm³/mol. The molecule has 4 rings (SSSR count). The summed E-state index contributed by atoms with van der Waals surface area (Å²) in [6.45, 7) is 8.90. The van der Waals surface area contributed by atoms with Gasteiger partial charge in [0, 0.05) is 51.5 Å². The minimum Gasteiger partial charge on any atom is -0.370 e. The van der Waals surface area contributed by atoms with Gasteiger partial charge in [0.1, 0.15) is 11.9 Å². The number of nitrogens with zero attached hydrogens (tertiary/aromatic N) is 4. The van der Waals surface area contributed by atoms with E-state index in [-0.39, 0.29) is 11.5 Å². The number of nitriles is 1. The van der Waals surface area contributed by atoms with E-state index in [4.69, 9.17) is 9.72 Å². The van der Waals surface area contributed by atoms with E-state index in [1.54, 1.807) is 6.92 Å². The first-order valence-electron chi connectivity index (χ1n) is 10.5. The number of ether oxygens (including phenoxy) is 1. The third-order valence-electron chi connectivity index (χ3n) is 6.04. The van der Waals surface area contributed by atoms with Crippen molar-refractivity contribution in [2.24, 2.45) is 0 Å². The summed E-state index contributed by atoms with van der Waals surface area (Å²) in [7, 11) is 0. The summed E-state index contributed by atoms with van der Waals surface area (Å²) in [6.07, 6.45) is 1.40. The number of carbonyl (C=O) groups is 1. The van der Waals surface area contributed by atoms with Crippen LogP contribution in [0, 0.1) is 11.3 Å². The average Bonchev–Trinajstić information content (AvgIpc) is 2.73. The van der Waals surface area contributed by atoms with E-state index in [2.05, 4.69) is 36.9 Å². The van der Waals surface area contributed by atoms with E-state index in [0.29, 0.717) is 51.2 Å². The van der Waals surface area contributed by atoms with Gasteiger partial charge in [0.2, 0.25) is 5.91 Å². The number of anilines is 1. The van der Waals surface area contributed by atoms with Crippen LogP contribution in [0.15, 0.2) is 30.3 Å². The first-order chi connectivity index (χ1) is 14.4. The molecule has 30 heavy (non-hydrogen) atoms. The summed E-state index contributed by atoms with van der Waals surface area (Å²) in [5, 5.41) is 10.1. The zero-order valence-electron chi connectivity index (χ0n) is 17.9. The van der Waals surface area contributed by atoms with Gasteiger partial charge in [-0.1, -0.05) is 30.3 Å². The van der Waals surface area contributed by atoms with Gasteiger partial charge < -0.3 is 14.5 Å². The van der Waals surface area contributed by atoms with Crippen molar-refractivity contribution in [3.63, 3.8) is 0 Å². The maximum atomic E-state index is 11.7. The first-order valence-corrected chi connectivity index (χ1v) is 10.5. The molecule has 2 aliphatic heterocycles. The molecule has 6 nitrogen and oxygen atoms in total. The molecule has 0 unspecified atom stereocenters. The normalized spacial score (nSPS) is 17.9. The molecule has 1 fully saturated rings. The Morgan fingerprint density at radius 3 is 2.50 bits per heavy atom. The maximum absolute atomic E-state index is 11.7. The van der Waals surface area contributed by atoms with Gasteiger partial charge in [0.05, 0.1) is 23.5 Å². The van der Waals surface area contributed by atoms with Gasteiger partial charge in [0.15, 0.2) is 0 Å². The van der Waals surface area contributed by atoms with Crippen LogP contribution in [0.2, 0.25) is 0 Å².